The maximum Gasteiger partial charge on any atom is 0.128 e. The van der Waals surface area contributed by atoms with Crippen LogP contribution in [0.15, 0.2) is 42.7 Å². The molecule has 4 heteroatoms. The molecule has 0 fully saturated rings. The van der Waals surface area contributed by atoms with Gasteiger partial charge in [0.05, 0.1) is 6.04 Å². The van der Waals surface area contributed by atoms with Gasteiger partial charge in [-0.3, -0.25) is 4.98 Å². The van der Waals surface area contributed by atoms with Crippen LogP contribution in [0, 0.1) is 5.82 Å². The van der Waals surface area contributed by atoms with Gasteiger partial charge >= 0.3 is 0 Å². The molecule has 0 saturated heterocycles. The Balaban J connectivity index is 2.34. The standard InChI is InChI=1S/C15H18FN3/c1-11(13-5-3-4-6-14(13)16)19(2)15-7-8-18-10-12(15)9-17/h3-8,10-11H,9,17H2,1-2H3. The van der Waals surface area contributed by atoms with Gasteiger partial charge in [0.1, 0.15) is 5.82 Å². The maximum absolute atomic E-state index is 13.8. The summed E-state index contributed by atoms with van der Waals surface area (Å²) in [4.78, 5) is 6.08. The van der Waals surface area contributed by atoms with Gasteiger partial charge in [0.15, 0.2) is 0 Å². The van der Waals surface area contributed by atoms with Gasteiger partial charge in [-0.25, -0.2) is 4.39 Å². The van der Waals surface area contributed by atoms with E-state index in [1.807, 2.05) is 31.0 Å². The summed E-state index contributed by atoms with van der Waals surface area (Å²) >= 11 is 0. The smallest absolute Gasteiger partial charge is 0.128 e. The molecule has 1 atom stereocenters. The van der Waals surface area contributed by atoms with Gasteiger partial charge in [0.25, 0.3) is 0 Å². The molecule has 0 aliphatic heterocycles. The van der Waals surface area contributed by atoms with Crippen LogP contribution in [0.2, 0.25) is 0 Å². The monoisotopic (exact) mass is 259 g/mol. The third kappa shape index (κ3) is 2.74. The summed E-state index contributed by atoms with van der Waals surface area (Å²) in [7, 11) is 1.94. The highest BCUT2D eigenvalue weighted by atomic mass is 19.1. The minimum absolute atomic E-state index is 0.0751. The molecule has 3 nitrogen and oxygen atoms in total. The highest BCUT2D eigenvalue weighted by molar-refractivity contribution is 5.53. The lowest BCUT2D eigenvalue weighted by Crippen LogP contribution is -2.24. The normalized spacial score (nSPS) is 12.2. The Hall–Kier alpha value is -1.94. The number of pyridine rings is 1. The van der Waals surface area contributed by atoms with E-state index in [-0.39, 0.29) is 11.9 Å². The molecule has 0 radical (unpaired) electrons. The molecule has 100 valence electrons. The van der Waals surface area contributed by atoms with Crippen LogP contribution >= 0.6 is 0 Å². The van der Waals surface area contributed by atoms with E-state index >= 15 is 0 Å². The summed E-state index contributed by atoms with van der Waals surface area (Å²) in [6.45, 7) is 2.39. The molecule has 0 bridgehead atoms. The van der Waals surface area contributed by atoms with Gasteiger partial charge in [0.2, 0.25) is 0 Å². The molecule has 0 spiro atoms. The van der Waals surface area contributed by atoms with Crippen LogP contribution < -0.4 is 10.6 Å². The second-order valence-electron chi connectivity index (χ2n) is 4.52. The van der Waals surface area contributed by atoms with Crippen molar-refractivity contribution >= 4 is 5.69 Å². The molecule has 1 unspecified atom stereocenters. The largest absolute Gasteiger partial charge is 0.367 e. The summed E-state index contributed by atoms with van der Waals surface area (Å²) in [6.07, 6.45) is 3.47. The number of hydrogen-bond donors (Lipinski definition) is 1. The molecule has 0 aliphatic carbocycles. The van der Waals surface area contributed by atoms with Gasteiger partial charge in [-0.2, -0.15) is 0 Å². The topological polar surface area (TPSA) is 42.2 Å². The van der Waals surface area contributed by atoms with Gasteiger partial charge in [-0.15, -0.1) is 0 Å². The van der Waals surface area contributed by atoms with Crippen molar-refractivity contribution < 1.29 is 4.39 Å². The molecule has 19 heavy (non-hydrogen) atoms. The van der Waals surface area contributed by atoms with Crippen LogP contribution in [0.1, 0.15) is 24.1 Å². The molecular weight excluding hydrogens is 241 g/mol. The van der Waals surface area contributed by atoms with E-state index in [0.29, 0.717) is 12.1 Å². The minimum atomic E-state index is -0.190. The number of anilines is 1. The van der Waals surface area contributed by atoms with E-state index in [1.165, 1.54) is 6.07 Å². The molecule has 2 N–H and O–H groups in total. The highest BCUT2D eigenvalue weighted by Crippen LogP contribution is 2.28. The molecule has 1 aromatic heterocycles. The first-order valence-corrected chi connectivity index (χ1v) is 6.25. The third-order valence-electron chi connectivity index (χ3n) is 3.41. The number of nitrogens with two attached hydrogens (primary N) is 1. The van der Waals surface area contributed by atoms with Gasteiger partial charge in [0, 0.05) is 42.8 Å². The van der Waals surface area contributed by atoms with Gasteiger partial charge < -0.3 is 10.6 Å². The number of nitrogens with zero attached hydrogens (tertiary/aromatic N) is 2. The Kier molecular flexibility index (Phi) is 4.12. The number of benzene rings is 1. The van der Waals surface area contributed by atoms with Crippen molar-refractivity contribution in [1.29, 1.82) is 0 Å². The van der Waals surface area contributed by atoms with E-state index in [4.69, 9.17) is 5.73 Å². The SMILES string of the molecule is CC(c1ccccc1F)N(C)c1ccncc1CN. The molecule has 1 aromatic carbocycles. The summed E-state index contributed by atoms with van der Waals surface area (Å²) < 4.78 is 13.8. The van der Waals surface area contributed by atoms with Crippen LogP contribution in [-0.2, 0) is 6.54 Å². The lowest BCUT2D eigenvalue weighted by atomic mass is 10.1. The summed E-state index contributed by atoms with van der Waals surface area (Å²) in [6, 6.07) is 8.66. The number of hydrogen-bond acceptors (Lipinski definition) is 3. The van der Waals surface area contributed by atoms with Crippen LogP contribution in [0.4, 0.5) is 10.1 Å². The van der Waals surface area contributed by atoms with Gasteiger partial charge in [-0.1, -0.05) is 18.2 Å². The third-order valence-corrected chi connectivity index (χ3v) is 3.41. The number of rotatable bonds is 4. The molecule has 0 aliphatic rings. The minimum Gasteiger partial charge on any atom is -0.367 e. The number of halogens is 1. The first kappa shape index (κ1) is 13.5. The summed E-state index contributed by atoms with van der Waals surface area (Å²) in [5, 5.41) is 0. The fraction of sp³-hybridized carbons (Fsp3) is 0.267. The van der Waals surface area contributed by atoms with Crippen molar-refractivity contribution in [2.45, 2.75) is 19.5 Å². The lowest BCUT2D eigenvalue weighted by Gasteiger charge is -2.29. The summed E-state index contributed by atoms with van der Waals surface area (Å²) in [5.41, 5.74) is 8.32. The van der Waals surface area contributed by atoms with Crippen molar-refractivity contribution in [3.8, 4) is 0 Å². The van der Waals surface area contributed by atoms with E-state index in [2.05, 4.69) is 4.98 Å². The number of aromatic nitrogens is 1. The van der Waals surface area contributed by atoms with Crippen LogP contribution in [0.3, 0.4) is 0 Å². The quantitative estimate of drug-likeness (QED) is 0.918. The molecule has 2 aromatic rings. The molecule has 0 amide bonds. The van der Waals surface area contributed by atoms with Gasteiger partial charge in [-0.05, 0) is 19.1 Å². The summed E-state index contributed by atoms with van der Waals surface area (Å²) in [5.74, 6) is -0.190. The first-order chi connectivity index (χ1) is 9.15. The maximum atomic E-state index is 13.8. The lowest BCUT2D eigenvalue weighted by molar-refractivity contribution is 0.585. The molecule has 0 saturated carbocycles. The van der Waals surface area contributed by atoms with Crippen LogP contribution in [0.25, 0.3) is 0 Å². The first-order valence-electron chi connectivity index (χ1n) is 6.25. The molecule has 1 heterocycles. The second kappa shape index (κ2) is 5.80. The van der Waals surface area contributed by atoms with E-state index < -0.39 is 0 Å². The Morgan fingerprint density at radius 2 is 2.05 bits per heavy atom. The van der Waals surface area contributed by atoms with Crippen molar-refractivity contribution in [2.24, 2.45) is 5.73 Å². The van der Waals surface area contributed by atoms with Crippen molar-refractivity contribution in [2.75, 3.05) is 11.9 Å². The average Bonchev–Trinajstić information content (AvgIpc) is 2.46. The Morgan fingerprint density at radius 1 is 1.32 bits per heavy atom. The fourth-order valence-corrected chi connectivity index (χ4v) is 2.15. The zero-order valence-electron chi connectivity index (χ0n) is 11.2. The van der Waals surface area contributed by atoms with E-state index in [9.17, 15) is 4.39 Å². The Bertz CT molecular complexity index is 557. The van der Waals surface area contributed by atoms with Crippen molar-refractivity contribution in [3.63, 3.8) is 0 Å². The molecule has 2 rings (SSSR count). The highest BCUT2D eigenvalue weighted by Gasteiger charge is 2.17. The predicted octanol–water partition coefficient (Wildman–Crippen LogP) is 2.88. The average molecular weight is 259 g/mol. The zero-order chi connectivity index (χ0) is 13.8. The van der Waals surface area contributed by atoms with Crippen molar-refractivity contribution in [1.82, 2.24) is 4.98 Å². The Labute approximate surface area is 112 Å². The van der Waals surface area contributed by atoms with Crippen LogP contribution in [-0.4, -0.2) is 12.0 Å². The van der Waals surface area contributed by atoms with Crippen LogP contribution in [0.5, 0.6) is 0 Å². The Morgan fingerprint density at radius 3 is 2.74 bits per heavy atom. The predicted molar refractivity (Wildman–Crippen MR) is 75.3 cm³/mol. The van der Waals surface area contributed by atoms with Crippen molar-refractivity contribution in [3.05, 3.63) is 59.7 Å². The molecular formula is C15H18FN3. The van der Waals surface area contributed by atoms with E-state index in [0.717, 1.165) is 11.3 Å². The fourth-order valence-electron chi connectivity index (χ4n) is 2.15. The second-order valence-corrected chi connectivity index (χ2v) is 4.52. The zero-order valence-corrected chi connectivity index (χ0v) is 11.2. The van der Waals surface area contributed by atoms with E-state index in [1.54, 1.807) is 24.5 Å².